The highest BCUT2D eigenvalue weighted by molar-refractivity contribution is 9.10. The van der Waals surface area contributed by atoms with Crippen LogP contribution in [0.1, 0.15) is 43.2 Å². The molecule has 0 unspecified atom stereocenters. The molecule has 4 rings (SSSR count). The van der Waals surface area contributed by atoms with E-state index in [1.54, 1.807) is 31.4 Å². The summed E-state index contributed by atoms with van der Waals surface area (Å²) in [5, 5.41) is 3.21. The molecule has 8 nitrogen and oxygen atoms in total. The summed E-state index contributed by atoms with van der Waals surface area (Å²) in [5.41, 5.74) is 2.02. The Kier molecular flexibility index (Phi) is 11.0. The molecule has 1 aliphatic rings. The van der Waals surface area contributed by atoms with Crippen molar-refractivity contribution in [2.75, 3.05) is 24.2 Å². The van der Waals surface area contributed by atoms with E-state index in [2.05, 4.69) is 21.2 Å². The summed E-state index contributed by atoms with van der Waals surface area (Å²) in [7, 11) is -2.26. The first-order valence-electron chi connectivity index (χ1n) is 14.1. The normalized spacial score (nSPS) is 14.5. The maximum atomic E-state index is 14.2. The third-order valence-electron chi connectivity index (χ3n) is 7.49. The molecule has 1 aliphatic carbocycles. The Morgan fingerprint density at radius 3 is 2.31 bits per heavy atom. The lowest BCUT2D eigenvalue weighted by Crippen LogP contribution is -2.55. The van der Waals surface area contributed by atoms with Crippen molar-refractivity contribution in [1.82, 2.24) is 10.2 Å². The van der Waals surface area contributed by atoms with E-state index in [1.807, 2.05) is 54.6 Å². The van der Waals surface area contributed by atoms with Crippen molar-refractivity contribution in [3.8, 4) is 5.75 Å². The molecule has 1 saturated carbocycles. The molecule has 3 aromatic carbocycles. The molecular formula is C32H38BrN3O5S. The van der Waals surface area contributed by atoms with Crippen LogP contribution in [0.15, 0.2) is 83.3 Å². The maximum Gasteiger partial charge on any atom is 0.244 e. The van der Waals surface area contributed by atoms with E-state index in [0.717, 1.165) is 53.8 Å². The number of nitrogens with one attached hydrogen (secondary N) is 1. The lowest BCUT2D eigenvalue weighted by molar-refractivity contribution is -0.140. The predicted molar refractivity (Wildman–Crippen MR) is 169 cm³/mol. The molecule has 1 fully saturated rings. The van der Waals surface area contributed by atoms with Crippen molar-refractivity contribution in [3.63, 3.8) is 0 Å². The fourth-order valence-electron chi connectivity index (χ4n) is 5.31. The van der Waals surface area contributed by atoms with Crippen LogP contribution in [0.3, 0.4) is 0 Å². The van der Waals surface area contributed by atoms with Gasteiger partial charge in [-0.1, -0.05) is 83.7 Å². The molecule has 224 valence electrons. The number of benzene rings is 3. The Bertz CT molecular complexity index is 1460. The Morgan fingerprint density at radius 1 is 0.952 bits per heavy atom. The van der Waals surface area contributed by atoms with Crippen LogP contribution in [-0.2, 0) is 32.6 Å². The Labute approximate surface area is 257 Å². The second-order valence-electron chi connectivity index (χ2n) is 10.7. The third-order valence-corrected chi connectivity index (χ3v) is 9.12. The second kappa shape index (κ2) is 14.7. The van der Waals surface area contributed by atoms with Gasteiger partial charge < -0.3 is 15.0 Å². The first kappa shape index (κ1) is 31.6. The fraction of sp³-hybridized carbons (Fsp3) is 0.375. The average molecular weight is 657 g/mol. The standard InChI is InChI=1S/C32H38BrN3O5S/c1-41-29-18-9-13-25(19-29)22-35(31(37)23-36(42(2,39)40)28-17-10-14-26(33)21-28)30(20-24-11-5-3-6-12-24)32(38)34-27-15-7-4-8-16-27/h3,5-6,9-14,17-19,21,27,30H,4,7-8,15-16,20,22-23H2,1-2H3,(H,34,38)/t30-/m0/s1. The zero-order valence-corrected chi connectivity index (χ0v) is 26.4. The van der Waals surface area contributed by atoms with E-state index < -0.39 is 28.5 Å². The summed E-state index contributed by atoms with van der Waals surface area (Å²) in [6, 6.07) is 22.9. The van der Waals surface area contributed by atoms with Crippen LogP contribution in [0.4, 0.5) is 5.69 Å². The summed E-state index contributed by atoms with van der Waals surface area (Å²) >= 11 is 3.39. The Morgan fingerprint density at radius 2 is 1.64 bits per heavy atom. The number of carbonyl (C=O) groups is 2. The predicted octanol–water partition coefficient (Wildman–Crippen LogP) is 5.31. The number of hydrogen-bond acceptors (Lipinski definition) is 5. The van der Waals surface area contributed by atoms with Crippen LogP contribution in [0, 0.1) is 0 Å². The molecule has 2 amide bonds. The molecule has 0 radical (unpaired) electrons. The van der Waals surface area contributed by atoms with E-state index in [-0.39, 0.29) is 24.9 Å². The van der Waals surface area contributed by atoms with Gasteiger partial charge in [0.15, 0.2) is 0 Å². The molecule has 0 heterocycles. The van der Waals surface area contributed by atoms with Crippen molar-refractivity contribution >= 4 is 43.5 Å². The highest BCUT2D eigenvalue weighted by atomic mass is 79.9. The molecule has 0 spiro atoms. The molecular weight excluding hydrogens is 618 g/mol. The smallest absolute Gasteiger partial charge is 0.244 e. The summed E-state index contributed by atoms with van der Waals surface area (Å²) in [6.45, 7) is -0.358. The lowest BCUT2D eigenvalue weighted by atomic mass is 9.94. The minimum Gasteiger partial charge on any atom is -0.497 e. The van der Waals surface area contributed by atoms with Gasteiger partial charge in [-0.2, -0.15) is 0 Å². The van der Waals surface area contributed by atoms with Crippen LogP contribution in [0.25, 0.3) is 0 Å². The van der Waals surface area contributed by atoms with Crippen molar-refractivity contribution in [2.45, 2.75) is 57.2 Å². The van der Waals surface area contributed by atoms with Gasteiger partial charge in [0.1, 0.15) is 18.3 Å². The van der Waals surface area contributed by atoms with E-state index in [0.29, 0.717) is 15.9 Å². The minimum atomic E-state index is -3.83. The fourth-order valence-corrected chi connectivity index (χ4v) is 6.54. The number of hydrogen-bond donors (Lipinski definition) is 1. The largest absolute Gasteiger partial charge is 0.497 e. The number of halogens is 1. The molecule has 3 aromatic rings. The number of rotatable bonds is 12. The van der Waals surface area contributed by atoms with Gasteiger partial charge in [-0.05, 0) is 54.3 Å². The van der Waals surface area contributed by atoms with Gasteiger partial charge in [-0.15, -0.1) is 0 Å². The van der Waals surface area contributed by atoms with Crippen molar-refractivity contribution < 1.29 is 22.7 Å². The molecule has 0 saturated heterocycles. The number of methoxy groups -OCH3 is 1. The highest BCUT2D eigenvalue weighted by Crippen LogP contribution is 2.25. The van der Waals surface area contributed by atoms with Crippen molar-refractivity contribution in [1.29, 1.82) is 0 Å². The zero-order chi connectivity index (χ0) is 30.1. The topological polar surface area (TPSA) is 96.0 Å². The molecule has 1 N–H and O–H groups in total. The van der Waals surface area contributed by atoms with Crippen LogP contribution in [-0.4, -0.2) is 57.1 Å². The highest BCUT2D eigenvalue weighted by Gasteiger charge is 2.34. The van der Waals surface area contributed by atoms with Gasteiger partial charge in [0.05, 0.1) is 19.1 Å². The lowest BCUT2D eigenvalue weighted by Gasteiger charge is -2.35. The first-order valence-corrected chi connectivity index (χ1v) is 16.8. The Hall–Kier alpha value is -3.37. The summed E-state index contributed by atoms with van der Waals surface area (Å²) in [5.74, 6) is -0.101. The van der Waals surface area contributed by atoms with Gasteiger partial charge in [0, 0.05) is 23.5 Å². The SMILES string of the molecule is COc1cccc(CN(C(=O)CN(c2cccc(Br)c2)S(C)(=O)=O)[C@@H](Cc2ccccc2)C(=O)NC2CCCCC2)c1. The summed E-state index contributed by atoms with van der Waals surface area (Å²) in [6.07, 6.45) is 6.41. The first-order chi connectivity index (χ1) is 20.1. The van der Waals surface area contributed by atoms with E-state index >= 15 is 0 Å². The third kappa shape index (κ3) is 8.82. The molecule has 10 heteroatoms. The molecule has 42 heavy (non-hydrogen) atoms. The zero-order valence-electron chi connectivity index (χ0n) is 24.0. The van der Waals surface area contributed by atoms with Gasteiger partial charge in [0.25, 0.3) is 0 Å². The second-order valence-corrected chi connectivity index (χ2v) is 13.5. The van der Waals surface area contributed by atoms with E-state index in [4.69, 9.17) is 4.74 Å². The van der Waals surface area contributed by atoms with Gasteiger partial charge >= 0.3 is 0 Å². The number of ether oxygens (including phenoxy) is 1. The molecule has 0 aliphatic heterocycles. The molecule has 0 bridgehead atoms. The number of anilines is 1. The average Bonchev–Trinajstić information content (AvgIpc) is 2.98. The van der Waals surface area contributed by atoms with E-state index in [1.165, 1.54) is 4.90 Å². The maximum absolute atomic E-state index is 14.2. The van der Waals surface area contributed by atoms with E-state index in [9.17, 15) is 18.0 Å². The van der Waals surface area contributed by atoms with Crippen molar-refractivity contribution in [2.24, 2.45) is 0 Å². The molecule has 1 atom stereocenters. The number of carbonyl (C=O) groups excluding carboxylic acids is 2. The Balaban J connectivity index is 1.73. The van der Waals surface area contributed by atoms with Crippen molar-refractivity contribution in [3.05, 3.63) is 94.5 Å². The summed E-state index contributed by atoms with van der Waals surface area (Å²) < 4.78 is 33.1. The monoisotopic (exact) mass is 655 g/mol. The minimum absolute atomic E-state index is 0.0486. The summed E-state index contributed by atoms with van der Waals surface area (Å²) in [4.78, 5) is 29.8. The quantitative estimate of drug-likeness (QED) is 0.285. The number of sulfonamides is 1. The van der Waals surface area contributed by atoms with Gasteiger partial charge in [-0.25, -0.2) is 8.42 Å². The number of amides is 2. The van der Waals surface area contributed by atoms with Crippen LogP contribution < -0.4 is 14.4 Å². The van der Waals surface area contributed by atoms with Crippen LogP contribution in [0.5, 0.6) is 5.75 Å². The molecule has 0 aromatic heterocycles. The van der Waals surface area contributed by atoms with Gasteiger partial charge in [-0.3, -0.25) is 13.9 Å². The van der Waals surface area contributed by atoms with Crippen LogP contribution >= 0.6 is 15.9 Å². The number of nitrogens with zero attached hydrogens (tertiary/aromatic N) is 2. The van der Waals surface area contributed by atoms with Crippen LogP contribution in [0.2, 0.25) is 0 Å². The van der Waals surface area contributed by atoms with Gasteiger partial charge in [0.2, 0.25) is 21.8 Å².